The molecule has 0 bridgehead atoms. The van der Waals surface area contributed by atoms with Gasteiger partial charge in [-0.2, -0.15) is 0 Å². The molecule has 1 fully saturated rings. The average Bonchev–Trinajstić information content (AvgIpc) is 2.53. The number of amides is 1. The van der Waals surface area contributed by atoms with E-state index in [2.05, 4.69) is 7.05 Å². The number of nitrogens with one attached hydrogen (secondary N) is 1. The summed E-state index contributed by atoms with van der Waals surface area (Å²) >= 11 is 0. The minimum absolute atomic E-state index is 0.0742. The van der Waals surface area contributed by atoms with Crippen LogP contribution in [0.2, 0.25) is 0 Å². The number of likely N-dealkylation sites (N-methyl/N-ethyl adjacent to an activating group) is 1. The lowest BCUT2D eigenvalue weighted by molar-refractivity contribution is -0.883. The van der Waals surface area contributed by atoms with Gasteiger partial charge in [0.1, 0.15) is 5.75 Å². The van der Waals surface area contributed by atoms with Crippen LogP contribution in [-0.2, 0) is 0 Å². The number of nitrogens with zero attached hydrogens (tertiary/aromatic N) is 1. The van der Waals surface area contributed by atoms with E-state index in [0.29, 0.717) is 11.3 Å². The summed E-state index contributed by atoms with van der Waals surface area (Å²) in [4.78, 5) is 16.2. The van der Waals surface area contributed by atoms with Crippen molar-refractivity contribution in [2.75, 3.05) is 40.3 Å². The van der Waals surface area contributed by atoms with Crippen molar-refractivity contribution < 1.29 is 14.4 Å². The third-order valence-corrected chi connectivity index (χ3v) is 4.20. The van der Waals surface area contributed by atoms with E-state index >= 15 is 0 Å². The van der Waals surface area contributed by atoms with Gasteiger partial charge in [-0.15, -0.1) is 0 Å². The van der Waals surface area contributed by atoms with Crippen LogP contribution in [0, 0.1) is 0 Å². The smallest absolute Gasteiger partial charge is 0.258 e. The number of quaternary nitrogens is 1. The number of piperazine rings is 1. The zero-order chi connectivity index (χ0) is 14.8. The van der Waals surface area contributed by atoms with Crippen LogP contribution >= 0.6 is 0 Å². The molecule has 110 valence electrons. The highest BCUT2D eigenvalue weighted by Crippen LogP contribution is 2.27. The standard InChI is InChI=1S/C17H20N2O2/c1-18-7-9-19(10-8-18)17(20)15-11-13-5-3-4-6-14(13)12-16(15)21-2/h3-6,11-12H,7-10H2,1-2H3/p+1. The van der Waals surface area contributed by atoms with Gasteiger partial charge < -0.3 is 14.5 Å². The summed E-state index contributed by atoms with van der Waals surface area (Å²) in [6.07, 6.45) is 0. The quantitative estimate of drug-likeness (QED) is 0.886. The van der Waals surface area contributed by atoms with Gasteiger partial charge in [0.25, 0.3) is 5.91 Å². The predicted octanol–water partition coefficient (Wildman–Crippen LogP) is 0.819. The maximum Gasteiger partial charge on any atom is 0.258 e. The van der Waals surface area contributed by atoms with Crippen LogP contribution in [0.4, 0.5) is 0 Å². The fraction of sp³-hybridized carbons (Fsp3) is 0.353. The number of hydrogen-bond acceptors (Lipinski definition) is 2. The van der Waals surface area contributed by atoms with Crippen molar-refractivity contribution in [3.63, 3.8) is 0 Å². The minimum Gasteiger partial charge on any atom is -0.496 e. The number of rotatable bonds is 2. The van der Waals surface area contributed by atoms with Gasteiger partial charge in [0.2, 0.25) is 0 Å². The Hall–Kier alpha value is -2.07. The van der Waals surface area contributed by atoms with E-state index in [1.807, 2.05) is 41.3 Å². The number of carbonyl (C=O) groups excluding carboxylic acids is 1. The molecule has 1 N–H and O–H groups in total. The largest absolute Gasteiger partial charge is 0.496 e. The van der Waals surface area contributed by atoms with Gasteiger partial charge >= 0.3 is 0 Å². The third-order valence-electron chi connectivity index (χ3n) is 4.20. The van der Waals surface area contributed by atoms with Crippen LogP contribution in [0.5, 0.6) is 5.75 Å². The van der Waals surface area contributed by atoms with Crippen LogP contribution in [0.15, 0.2) is 36.4 Å². The summed E-state index contributed by atoms with van der Waals surface area (Å²) < 4.78 is 5.43. The van der Waals surface area contributed by atoms with Crippen molar-refractivity contribution in [3.8, 4) is 5.75 Å². The van der Waals surface area contributed by atoms with E-state index in [-0.39, 0.29) is 5.91 Å². The molecule has 0 aliphatic carbocycles. The molecular formula is C17H21N2O2+. The highest BCUT2D eigenvalue weighted by molar-refractivity contribution is 6.01. The van der Waals surface area contributed by atoms with E-state index < -0.39 is 0 Å². The Bertz CT molecular complexity index is 661. The number of fused-ring (bicyclic) bond motifs is 1. The molecular weight excluding hydrogens is 264 g/mol. The maximum absolute atomic E-state index is 12.8. The molecule has 2 aromatic rings. The molecule has 4 heteroatoms. The van der Waals surface area contributed by atoms with Crippen LogP contribution < -0.4 is 9.64 Å². The average molecular weight is 285 g/mol. The summed E-state index contributed by atoms with van der Waals surface area (Å²) in [5, 5.41) is 2.16. The second-order valence-electron chi connectivity index (χ2n) is 5.65. The molecule has 1 amide bonds. The molecule has 1 heterocycles. The van der Waals surface area contributed by atoms with Crippen molar-refractivity contribution in [3.05, 3.63) is 42.0 Å². The van der Waals surface area contributed by atoms with Gasteiger partial charge in [-0.25, -0.2) is 0 Å². The van der Waals surface area contributed by atoms with Crippen molar-refractivity contribution in [2.45, 2.75) is 0 Å². The summed E-state index contributed by atoms with van der Waals surface area (Å²) in [5.74, 6) is 0.732. The Morgan fingerprint density at radius 3 is 2.38 bits per heavy atom. The second-order valence-corrected chi connectivity index (χ2v) is 5.65. The van der Waals surface area contributed by atoms with Crippen LogP contribution in [0.3, 0.4) is 0 Å². The fourth-order valence-electron chi connectivity index (χ4n) is 2.82. The van der Waals surface area contributed by atoms with Crippen molar-refractivity contribution >= 4 is 16.7 Å². The molecule has 4 nitrogen and oxygen atoms in total. The molecule has 1 aliphatic rings. The monoisotopic (exact) mass is 285 g/mol. The van der Waals surface area contributed by atoms with Gasteiger partial charge in [-0.3, -0.25) is 4.79 Å². The Balaban J connectivity index is 1.96. The van der Waals surface area contributed by atoms with Gasteiger partial charge in [0.05, 0.1) is 45.9 Å². The van der Waals surface area contributed by atoms with Crippen LogP contribution in [-0.4, -0.2) is 51.1 Å². The Kier molecular flexibility index (Phi) is 3.80. The third kappa shape index (κ3) is 2.72. The van der Waals surface area contributed by atoms with E-state index in [1.54, 1.807) is 7.11 Å². The lowest BCUT2D eigenvalue weighted by Crippen LogP contribution is -3.12. The first-order valence-corrected chi connectivity index (χ1v) is 7.36. The summed E-state index contributed by atoms with van der Waals surface area (Å²) in [7, 11) is 3.79. The molecule has 1 saturated heterocycles. The second kappa shape index (κ2) is 5.74. The normalized spacial score (nSPS) is 16.2. The van der Waals surface area contributed by atoms with Gasteiger partial charge in [0, 0.05) is 0 Å². The lowest BCUT2D eigenvalue weighted by atomic mass is 10.0. The molecule has 0 unspecified atom stereocenters. The Morgan fingerprint density at radius 1 is 1.14 bits per heavy atom. The zero-order valence-corrected chi connectivity index (χ0v) is 12.6. The van der Waals surface area contributed by atoms with Crippen molar-refractivity contribution in [2.24, 2.45) is 0 Å². The molecule has 0 aromatic heterocycles. The number of benzene rings is 2. The van der Waals surface area contributed by atoms with Gasteiger partial charge in [0.15, 0.2) is 0 Å². The summed E-state index contributed by atoms with van der Waals surface area (Å²) in [5.41, 5.74) is 0.663. The Morgan fingerprint density at radius 2 is 1.76 bits per heavy atom. The van der Waals surface area contributed by atoms with E-state index in [9.17, 15) is 4.79 Å². The zero-order valence-electron chi connectivity index (χ0n) is 12.6. The molecule has 1 aliphatic heterocycles. The predicted molar refractivity (Wildman–Crippen MR) is 83.0 cm³/mol. The van der Waals surface area contributed by atoms with E-state index in [0.717, 1.165) is 37.0 Å². The van der Waals surface area contributed by atoms with E-state index in [1.165, 1.54) is 4.90 Å². The number of methoxy groups -OCH3 is 1. The van der Waals surface area contributed by atoms with Crippen molar-refractivity contribution in [1.29, 1.82) is 0 Å². The molecule has 0 spiro atoms. The first kappa shape index (κ1) is 13.9. The van der Waals surface area contributed by atoms with Crippen molar-refractivity contribution in [1.82, 2.24) is 4.90 Å². The minimum atomic E-state index is 0.0742. The fourth-order valence-corrected chi connectivity index (χ4v) is 2.82. The number of ether oxygens (including phenoxy) is 1. The van der Waals surface area contributed by atoms with Crippen LogP contribution in [0.1, 0.15) is 10.4 Å². The van der Waals surface area contributed by atoms with Crippen LogP contribution in [0.25, 0.3) is 10.8 Å². The van der Waals surface area contributed by atoms with Gasteiger partial charge in [-0.1, -0.05) is 24.3 Å². The summed E-state index contributed by atoms with van der Waals surface area (Å²) in [6, 6.07) is 11.9. The first-order chi connectivity index (χ1) is 10.2. The van der Waals surface area contributed by atoms with E-state index in [4.69, 9.17) is 4.74 Å². The Labute approximate surface area is 124 Å². The molecule has 2 aromatic carbocycles. The molecule has 21 heavy (non-hydrogen) atoms. The van der Waals surface area contributed by atoms with Gasteiger partial charge in [-0.05, 0) is 22.9 Å². The molecule has 0 radical (unpaired) electrons. The highest BCUT2D eigenvalue weighted by Gasteiger charge is 2.24. The SMILES string of the molecule is COc1cc2ccccc2cc1C(=O)N1CC[NH+](C)CC1. The lowest BCUT2D eigenvalue weighted by Gasteiger charge is -2.30. The first-order valence-electron chi connectivity index (χ1n) is 7.36. The molecule has 0 saturated carbocycles. The highest BCUT2D eigenvalue weighted by atomic mass is 16.5. The number of hydrogen-bond donors (Lipinski definition) is 1. The molecule has 3 rings (SSSR count). The summed E-state index contributed by atoms with van der Waals surface area (Å²) in [6.45, 7) is 3.62. The number of carbonyl (C=O) groups is 1. The topological polar surface area (TPSA) is 34.0 Å². The molecule has 0 atom stereocenters. The maximum atomic E-state index is 12.8.